The number of hydrogen-bond acceptors (Lipinski definition) is 5. The van der Waals surface area contributed by atoms with E-state index in [0.717, 1.165) is 23.9 Å². The van der Waals surface area contributed by atoms with Crippen LogP contribution in [0.1, 0.15) is 10.4 Å². The maximum Gasteiger partial charge on any atom is 0.343 e. The van der Waals surface area contributed by atoms with Gasteiger partial charge < -0.3 is 9.30 Å². The van der Waals surface area contributed by atoms with Crippen LogP contribution in [0.2, 0.25) is 0 Å². The number of aryl methyl sites for hydroxylation is 1. The Morgan fingerprint density at radius 3 is 2.67 bits per heavy atom. The number of hydrogen-bond donors (Lipinski definition) is 0. The Hall–Kier alpha value is -2.18. The van der Waals surface area contributed by atoms with Crippen molar-refractivity contribution in [3.05, 3.63) is 38.3 Å². The summed E-state index contributed by atoms with van der Waals surface area (Å²) in [6.45, 7) is 0. The maximum absolute atomic E-state index is 11.4. The first-order chi connectivity index (χ1) is 6.97. The van der Waals surface area contributed by atoms with Gasteiger partial charge >= 0.3 is 5.97 Å². The molecule has 0 aliphatic carbocycles. The van der Waals surface area contributed by atoms with Crippen LogP contribution in [0.25, 0.3) is 0 Å². The Bertz CT molecular complexity index is 476. The number of pyridine rings is 1. The molecule has 1 heterocycles. The molecular formula is C8H8N2O5. The molecule has 0 radical (unpaired) electrons. The number of nitro groups is 1. The molecule has 0 fully saturated rings. The molecule has 0 atom stereocenters. The fourth-order valence-corrected chi connectivity index (χ4v) is 1.05. The number of aromatic nitrogens is 1. The van der Waals surface area contributed by atoms with Gasteiger partial charge in [0.05, 0.1) is 18.2 Å². The first-order valence-corrected chi connectivity index (χ1v) is 3.90. The number of methoxy groups -OCH3 is 1. The van der Waals surface area contributed by atoms with Crippen molar-refractivity contribution < 1.29 is 14.5 Å². The summed E-state index contributed by atoms with van der Waals surface area (Å²) in [7, 11) is 2.42. The van der Waals surface area contributed by atoms with Crippen molar-refractivity contribution in [2.45, 2.75) is 0 Å². The fraction of sp³-hybridized carbons (Fsp3) is 0.250. The first kappa shape index (κ1) is 10.9. The Balaban J connectivity index is 3.44. The molecule has 0 unspecified atom stereocenters. The van der Waals surface area contributed by atoms with Gasteiger partial charge in [-0.25, -0.2) is 4.79 Å². The molecule has 1 aromatic heterocycles. The molecule has 1 aromatic rings. The molecule has 0 N–H and O–H groups in total. The summed E-state index contributed by atoms with van der Waals surface area (Å²) < 4.78 is 5.29. The van der Waals surface area contributed by atoms with Gasteiger partial charge in [0.1, 0.15) is 5.56 Å². The van der Waals surface area contributed by atoms with Crippen LogP contribution in [0, 0.1) is 10.1 Å². The molecule has 0 aliphatic rings. The van der Waals surface area contributed by atoms with E-state index in [-0.39, 0.29) is 11.3 Å². The standard InChI is InChI=1S/C8H8N2O5/c1-9-4-5(10(13)14)3-6(7(9)11)8(12)15-2/h3-4H,1-2H3. The number of carbonyl (C=O) groups is 1. The van der Waals surface area contributed by atoms with Gasteiger partial charge in [-0.3, -0.25) is 14.9 Å². The summed E-state index contributed by atoms with van der Waals surface area (Å²) in [4.78, 5) is 32.3. The zero-order valence-electron chi connectivity index (χ0n) is 8.09. The third kappa shape index (κ3) is 2.01. The maximum atomic E-state index is 11.4. The van der Waals surface area contributed by atoms with Crippen molar-refractivity contribution in [3.63, 3.8) is 0 Å². The Morgan fingerprint density at radius 1 is 1.60 bits per heavy atom. The van der Waals surface area contributed by atoms with E-state index >= 15 is 0 Å². The summed E-state index contributed by atoms with van der Waals surface area (Å²) in [5.41, 5.74) is -1.32. The Kier molecular flexibility index (Phi) is 2.84. The zero-order valence-corrected chi connectivity index (χ0v) is 8.09. The molecule has 7 heteroatoms. The Labute approximate surface area is 84.0 Å². The van der Waals surface area contributed by atoms with Crippen molar-refractivity contribution in [3.8, 4) is 0 Å². The summed E-state index contributed by atoms with van der Waals surface area (Å²) in [5, 5.41) is 10.5. The number of nitrogens with zero attached hydrogens (tertiary/aromatic N) is 2. The number of rotatable bonds is 2. The second kappa shape index (κ2) is 3.91. The lowest BCUT2D eigenvalue weighted by Gasteiger charge is -2.01. The minimum absolute atomic E-state index is 0.336. The van der Waals surface area contributed by atoms with Crippen LogP contribution in [0.3, 0.4) is 0 Å². The smallest absolute Gasteiger partial charge is 0.343 e. The van der Waals surface area contributed by atoms with Crippen LogP contribution in [0.15, 0.2) is 17.1 Å². The topological polar surface area (TPSA) is 91.4 Å². The highest BCUT2D eigenvalue weighted by Crippen LogP contribution is 2.09. The van der Waals surface area contributed by atoms with Gasteiger partial charge in [-0.05, 0) is 0 Å². The van der Waals surface area contributed by atoms with Gasteiger partial charge in [-0.2, -0.15) is 0 Å². The van der Waals surface area contributed by atoms with Crippen LogP contribution >= 0.6 is 0 Å². The molecule has 0 spiro atoms. The third-order valence-corrected chi connectivity index (χ3v) is 1.79. The zero-order chi connectivity index (χ0) is 11.6. The van der Waals surface area contributed by atoms with E-state index in [1.165, 1.54) is 7.05 Å². The van der Waals surface area contributed by atoms with Crippen molar-refractivity contribution in [1.29, 1.82) is 0 Å². The molecule has 15 heavy (non-hydrogen) atoms. The van der Waals surface area contributed by atoms with Crippen molar-refractivity contribution >= 4 is 11.7 Å². The molecule has 0 bridgehead atoms. The lowest BCUT2D eigenvalue weighted by atomic mass is 10.2. The van der Waals surface area contributed by atoms with Gasteiger partial charge in [-0.1, -0.05) is 0 Å². The number of ether oxygens (including phenoxy) is 1. The summed E-state index contributed by atoms with van der Waals surface area (Å²) in [5.74, 6) is -0.890. The summed E-state index contributed by atoms with van der Waals surface area (Å²) >= 11 is 0. The van der Waals surface area contributed by atoms with Crippen LogP contribution in [-0.2, 0) is 11.8 Å². The third-order valence-electron chi connectivity index (χ3n) is 1.79. The van der Waals surface area contributed by atoms with Gasteiger partial charge in [-0.15, -0.1) is 0 Å². The lowest BCUT2D eigenvalue weighted by molar-refractivity contribution is -0.385. The highest BCUT2D eigenvalue weighted by atomic mass is 16.6. The molecule has 0 amide bonds. The predicted molar refractivity (Wildman–Crippen MR) is 49.7 cm³/mol. The highest BCUT2D eigenvalue weighted by Gasteiger charge is 2.17. The normalized spacial score (nSPS) is 9.73. The molecule has 0 aliphatic heterocycles. The average Bonchev–Trinajstić information content (AvgIpc) is 2.20. The Morgan fingerprint density at radius 2 is 2.20 bits per heavy atom. The molecule has 80 valence electrons. The molecule has 0 saturated carbocycles. The van der Waals surface area contributed by atoms with E-state index in [4.69, 9.17) is 0 Å². The highest BCUT2D eigenvalue weighted by molar-refractivity contribution is 5.89. The average molecular weight is 212 g/mol. The van der Waals surface area contributed by atoms with Crippen LogP contribution in [0.4, 0.5) is 5.69 Å². The second-order valence-corrected chi connectivity index (χ2v) is 2.78. The molecule has 1 rings (SSSR count). The minimum Gasteiger partial charge on any atom is -0.465 e. The van der Waals surface area contributed by atoms with E-state index in [2.05, 4.69) is 4.74 Å². The molecular weight excluding hydrogens is 204 g/mol. The first-order valence-electron chi connectivity index (χ1n) is 3.90. The molecule has 0 aromatic carbocycles. The fourth-order valence-electron chi connectivity index (χ4n) is 1.05. The van der Waals surface area contributed by atoms with Crippen molar-refractivity contribution in [1.82, 2.24) is 4.57 Å². The van der Waals surface area contributed by atoms with E-state index < -0.39 is 16.5 Å². The largest absolute Gasteiger partial charge is 0.465 e. The SMILES string of the molecule is COC(=O)c1cc([N+](=O)[O-])cn(C)c1=O. The van der Waals surface area contributed by atoms with E-state index in [1.807, 2.05) is 0 Å². The second-order valence-electron chi connectivity index (χ2n) is 2.78. The molecule has 7 nitrogen and oxygen atoms in total. The monoisotopic (exact) mass is 212 g/mol. The van der Waals surface area contributed by atoms with E-state index in [0.29, 0.717) is 0 Å². The molecule has 0 saturated heterocycles. The lowest BCUT2D eigenvalue weighted by Crippen LogP contribution is -2.24. The summed E-state index contributed by atoms with van der Waals surface area (Å²) in [6, 6.07) is 0.897. The minimum atomic E-state index is -0.890. The van der Waals surface area contributed by atoms with E-state index in [9.17, 15) is 19.7 Å². The van der Waals surface area contributed by atoms with Crippen LogP contribution in [-0.4, -0.2) is 22.6 Å². The van der Waals surface area contributed by atoms with Crippen molar-refractivity contribution in [2.75, 3.05) is 7.11 Å². The quantitative estimate of drug-likeness (QED) is 0.393. The van der Waals surface area contributed by atoms with Gasteiger partial charge in [0.2, 0.25) is 0 Å². The summed E-state index contributed by atoms with van der Waals surface area (Å²) in [6.07, 6.45) is 1.04. The number of esters is 1. The van der Waals surface area contributed by atoms with Crippen molar-refractivity contribution in [2.24, 2.45) is 7.05 Å². The van der Waals surface area contributed by atoms with Gasteiger partial charge in [0, 0.05) is 13.1 Å². The van der Waals surface area contributed by atoms with E-state index in [1.54, 1.807) is 0 Å². The van der Waals surface area contributed by atoms with Crippen LogP contribution < -0.4 is 5.56 Å². The van der Waals surface area contributed by atoms with Gasteiger partial charge in [0.25, 0.3) is 11.2 Å². The van der Waals surface area contributed by atoms with Crippen LogP contribution in [0.5, 0.6) is 0 Å². The van der Waals surface area contributed by atoms with Gasteiger partial charge in [0.15, 0.2) is 0 Å². The predicted octanol–water partition coefficient (Wildman–Crippen LogP) is 0.0801. The number of carbonyl (C=O) groups excluding carboxylic acids is 1.